The normalized spacial score (nSPS) is 12.9. The van der Waals surface area contributed by atoms with Crippen molar-refractivity contribution in [3.8, 4) is 0 Å². The first-order valence-corrected chi connectivity index (χ1v) is 8.93. The number of benzene rings is 1. The van der Waals surface area contributed by atoms with Gasteiger partial charge in [0.25, 0.3) is 0 Å². The van der Waals surface area contributed by atoms with Gasteiger partial charge in [0.15, 0.2) is 5.82 Å². The Balaban J connectivity index is 1.89. The molecule has 124 valence electrons. The fraction of sp³-hybridized carbons (Fsp3) is 0.188. The minimum atomic E-state index is -3.64. The lowest BCUT2D eigenvalue weighted by Gasteiger charge is -2.15. The van der Waals surface area contributed by atoms with Crippen LogP contribution in [-0.4, -0.2) is 23.5 Å². The van der Waals surface area contributed by atoms with Crippen LogP contribution in [0.4, 0.5) is 0 Å². The maximum atomic E-state index is 12.5. The Hall–Kier alpha value is -2.58. The van der Waals surface area contributed by atoms with Crippen molar-refractivity contribution in [3.63, 3.8) is 0 Å². The summed E-state index contributed by atoms with van der Waals surface area (Å²) in [6.45, 7) is 1.68. The third kappa shape index (κ3) is 4.03. The van der Waals surface area contributed by atoms with E-state index in [4.69, 9.17) is 4.52 Å². The van der Waals surface area contributed by atoms with Crippen molar-refractivity contribution in [3.05, 3.63) is 77.7 Å². The summed E-state index contributed by atoms with van der Waals surface area (Å²) in [5.74, 6) is 0.461. The highest BCUT2D eigenvalue weighted by atomic mass is 32.2. The average molecular weight is 344 g/mol. The lowest BCUT2D eigenvalue weighted by molar-refractivity contribution is 0.357. The molecule has 2 heterocycles. The van der Waals surface area contributed by atoms with E-state index >= 15 is 0 Å². The number of nitrogens with zero attached hydrogens (tertiary/aromatic N) is 3. The number of nitrogens with one attached hydrogen (secondary N) is 1. The molecule has 0 bridgehead atoms. The molecule has 1 unspecified atom stereocenters. The molecule has 3 rings (SSSR count). The van der Waals surface area contributed by atoms with Crippen LogP contribution in [0.5, 0.6) is 0 Å². The van der Waals surface area contributed by atoms with Gasteiger partial charge in [-0.15, -0.1) is 0 Å². The van der Waals surface area contributed by atoms with Crippen LogP contribution in [0.1, 0.15) is 28.9 Å². The molecule has 1 atom stereocenters. The average Bonchev–Trinajstić information content (AvgIpc) is 3.00. The topological polar surface area (TPSA) is 98.0 Å². The first-order chi connectivity index (χ1) is 11.5. The molecular weight excluding hydrogens is 328 g/mol. The summed E-state index contributed by atoms with van der Waals surface area (Å²) in [6, 6.07) is 11.8. The standard InChI is InChI=1S/C16H16N4O3S/c1-12-18-16(23-19-12)15(14-7-3-2-4-8-14)20-24(21,22)11-13-6-5-9-17-10-13/h2-10,15,20H,11H2,1H3. The van der Waals surface area contributed by atoms with Crippen LogP contribution in [-0.2, 0) is 15.8 Å². The second-order valence-corrected chi connectivity index (χ2v) is 7.02. The largest absolute Gasteiger partial charge is 0.337 e. The van der Waals surface area contributed by atoms with Gasteiger partial charge in [0, 0.05) is 12.4 Å². The molecular formula is C16H16N4O3S. The zero-order valence-electron chi connectivity index (χ0n) is 13.0. The number of hydrogen-bond acceptors (Lipinski definition) is 6. The fourth-order valence-corrected chi connectivity index (χ4v) is 3.55. The molecule has 8 heteroatoms. The molecule has 0 amide bonds. The van der Waals surface area contributed by atoms with Crippen LogP contribution >= 0.6 is 0 Å². The maximum absolute atomic E-state index is 12.5. The van der Waals surface area contributed by atoms with E-state index in [1.807, 2.05) is 18.2 Å². The van der Waals surface area contributed by atoms with Crippen molar-refractivity contribution in [2.45, 2.75) is 18.7 Å². The molecule has 0 saturated carbocycles. The molecule has 1 aromatic carbocycles. The zero-order chi connectivity index (χ0) is 17.0. The molecule has 0 aliphatic carbocycles. The number of hydrogen-bond donors (Lipinski definition) is 1. The van der Waals surface area contributed by atoms with Crippen molar-refractivity contribution < 1.29 is 12.9 Å². The summed E-state index contributed by atoms with van der Waals surface area (Å²) < 4.78 is 32.9. The predicted octanol–water partition coefficient (Wildman–Crippen LogP) is 1.98. The Bertz CT molecular complexity index is 895. The van der Waals surface area contributed by atoms with E-state index in [-0.39, 0.29) is 11.6 Å². The van der Waals surface area contributed by atoms with Gasteiger partial charge in [-0.3, -0.25) is 4.98 Å². The number of pyridine rings is 1. The van der Waals surface area contributed by atoms with Gasteiger partial charge in [0.2, 0.25) is 15.9 Å². The van der Waals surface area contributed by atoms with Gasteiger partial charge in [0.05, 0.1) is 5.75 Å². The first kappa shape index (κ1) is 16.3. The molecule has 0 aliphatic heterocycles. The number of rotatable bonds is 6. The summed E-state index contributed by atoms with van der Waals surface area (Å²) in [4.78, 5) is 8.10. The summed E-state index contributed by atoms with van der Waals surface area (Å²) in [7, 11) is -3.64. The third-order valence-corrected chi connectivity index (χ3v) is 4.61. The van der Waals surface area contributed by atoms with E-state index in [0.717, 1.165) is 5.56 Å². The SMILES string of the molecule is Cc1noc(C(NS(=O)(=O)Cc2cccnc2)c2ccccc2)n1. The van der Waals surface area contributed by atoms with Gasteiger partial charge >= 0.3 is 0 Å². The molecule has 0 spiro atoms. The second kappa shape index (κ2) is 6.90. The summed E-state index contributed by atoms with van der Waals surface area (Å²) in [5.41, 5.74) is 1.31. The summed E-state index contributed by atoms with van der Waals surface area (Å²) >= 11 is 0. The van der Waals surface area contributed by atoms with E-state index in [1.165, 1.54) is 6.20 Å². The van der Waals surface area contributed by atoms with Gasteiger partial charge in [-0.25, -0.2) is 8.42 Å². The Morgan fingerprint density at radius 3 is 2.58 bits per heavy atom. The molecule has 0 aliphatic rings. The van der Waals surface area contributed by atoms with Gasteiger partial charge in [-0.2, -0.15) is 9.71 Å². The van der Waals surface area contributed by atoms with Crippen LogP contribution in [0.25, 0.3) is 0 Å². The predicted molar refractivity (Wildman–Crippen MR) is 87.3 cm³/mol. The van der Waals surface area contributed by atoms with Crippen LogP contribution in [0.15, 0.2) is 59.4 Å². The van der Waals surface area contributed by atoms with Crippen LogP contribution < -0.4 is 4.72 Å². The van der Waals surface area contributed by atoms with Crippen LogP contribution in [0.2, 0.25) is 0 Å². The van der Waals surface area contributed by atoms with Crippen LogP contribution in [0, 0.1) is 6.92 Å². The monoisotopic (exact) mass is 344 g/mol. The number of sulfonamides is 1. The minimum Gasteiger partial charge on any atom is -0.337 e. The van der Waals surface area contributed by atoms with E-state index in [1.54, 1.807) is 37.4 Å². The highest BCUT2D eigenvalue weighted by Gasteiger charge is 2.26. The van der Waals surface area contributed by atoms with E-state index < -0.39 is 16.1 Å². The Morgan fingerprint density at radius 1 is 1.17 bits per heavy atom. The first-order valence-electron chi connectivity index (χ1n) is 7.27. The maximum Gasteiger partial charge on any atom is 0.249 e. The van der Waals surface area contributed by atoms with Crippen molar-refractivity contribution in [1.82, 2.24) is 19.8 Å². The van der Waals surface area contributed by atoms with Gasteiger partial charge in [-0.05, 0) is 24.1 Å². The molecule has 0 fully saturated rings. The van der Waals surface area contributed by atoms with Crippen LogP contribution in [0.3, 0.4) is 0 Å². The summed E-state index contributed by atoms with van der Waals surface area (Å²) in [6.07, 6.45) is 3.12. The van der Waals surface area contributed by atoms with Gasteiger partial charge in [0.1, 0.15) is 6.04 Å². The molecule has 7 nitrogen and oxygen atoms in total. The Morgan fingerprint density at radius 2 is 1.96 bits per heavy atom. The number of aryl methyl sites for hydroxylation is 1. The molecule has 0 radical (unpaired) electrons. The van der Waals surface area contributed by atoms with Crippen molar-refractivity contribution in [1.29, 1.82) is 0 Å². The number of aromatic nitrogens is 3. The Labute approximate surface area is 139 Å². The van der Waals surface area contributed by atoms with Crippen molar-refractivity contribution >= 4 is 10.0 Å². The molecule has 1 N–H and O–H groups in total. The third-order valence-electron chi connectivity index (χ3n) is 3.30. The van der Waals surface area contributed by atoms with E-state index in [9.17, 15) is 8.42 Å². The lowest BCUT2D eigenvalue weighted by Crippen LogP contribution is -2.30. The van der Waals surface area contributed by atoms with E-state index in [2.05, 4.69) is 19.8 Å². The minimum absolute atomic E-state index is 0.183. The quantitative estimate of drug-likeness (QED) is 0.734. The lowest BCUT2D eigenvalue weighted by atomic mass is 10.1. The van der Waals surface area contributed by atoms with Gasteiger partial charge in [-0.1, -0.05) is 41.6 Å². The van der Waals surface area contributed by atoms with E-state index in [0.29, 0.717) is 11.4 Å². The van der Waals surface area contributed by atoms with Crippen molar-refractivity contribution in [2.75, 3.05) is 0 Å². The van der Waals surface area contributed by atoms with Crippen molar-refractivity contribution in [2.24, 2.45) is 0 Å². The highest BCUT2D eigenvalue weighted by Crippen LogP contribution is 2.22. The highest BCUT2D eigenvalue weighted by molar-refractivity contribution is 7.88. The molecule has 24 heavy (non-hydrogen) atoms. The summed E-state index contributed by atoms with van der Waals surface area (Å²) in [5, 5.41) is 3.75. The zero-order valence-corrected chi connectivity index (χ0v) is 13.8. The van der Waals surface area contributed by atoms with Gasteiger partial charge < -0.3 is 4.52 Å². The smallest absolute Gasteiger partial charge is 0.249 e. The fourth-order valence-electron chi connectivity index (χ4n) is 2.26. The molecule has 3 aromatic rings. The molecule has 0 saturated heterocycles. The molecule has 2 aromatic heterocycles. The Kier molecular flexibility index (Phi) is 4.68. The second-order valence-electron chi connectivity index (χ2n) is 5.26.